The lowest BCUT2D eigenvalue weighted by Crippen LogP contribution is -2.30. The minimum absolute atomic E-state index is 0.180. The van der Waals surface area contributed by atoms with Gasteiger partial charge < -0.3 is 14.8 Å². The van der Waals surface area contributed by atoms with Gasteiger partial charge in [-0.25, -0.2) is 0 Å². The Balaban J connectivity index is 2.05. The molecule has 0 radical (unpaired) electrons. The minimum atomic E-state index is -0.609. The van der Waals surface area contributed by atoms with Gasteiger partial charge in [0, 0.05) is 11.8 Å². The molecule has 0 saturated carbocycles. The van der Waals surface area contributed by atoms with Crippen molar-refractivity contribution in [2.45, 2.75) is 32.8 Å². The molecule has 4 nitrogen and oxygen atoms in total. The summed E-state index contributed by atoms with van der Waals surface area (Å²) in [6.45, 7) is 5.93. The van der Waals surface area contributed by atoms with E-state index in [1.54, 1.807) is 26.2 Å². The van der Waals surface area contributed by atoms with Crippen molar-refractivity contribution < 1.29 is 14.3 Å². The Labute approximate surface area is 137 Å². The monoisotopic (exact) mass is 313 g/mol. The lowest BCUT2D eigenvalue weighted by Gasteiger charge is -2.18. The Morgan fingerprint density at radius 2 is 1.70 bits per heavy atom. The SMILES string of the molecule is COc1cccc(O[C@H](C)C(=O)Nc2ccccc2C(C)C)c1. The van der Waals surface area contributed by atoms with Crippen LogP contribution in [-0.4, -0.2) is 19.1 Å². The van der Waals surface area contributed by atoms with Crippen molar-refractivity contribution in [3.8, 4) is 11.5 Å². The highest BCUT2D eigenvalue weighted by Crippen LogP contribution is 2.24. The van der Waals surface area contributed by atoms with Gasteiger partial charge in [0.1, 0.15) is 11.5 Å². The van der Waals surface area contributed by atoms with Crippen molar-refractivity contribution >= 4 is 11.6 Å². The Hall–Kier alpha value is -2.49. The Morgan fingerprint density at radius 3 is 2.39 bits per heavy atom. The van der Waals surface area contributed by atoms with Crippen LogP contribution in [0.4, 0.5) is 5.69 Å². The van der Waals surface area contributed by atoms with E-state index < -0.39 is 6.10 Å². The molecule has 2 aromatic rings. The number of anilines is 1. The molecular formula is C19H23NO3. The highest BCUT2D eigenvalue weighted by atomic mass is 16.5. The van der Waals surface area contributed by atoms with E-state index in [2.05, 4.69) is 19.2 Å². The number of carbonyl (C=O) groups is 1. The fraction of sp³-hybridized carbons (Fsp3) is 0.316. The van der Waals surface area contributed by atoms with Crippen molar-refractivity contribution in [1.82, 2.24) is 0 Å². The molecule has 1 N–H and O–H groups in total. The first kappa shape index (κ1) is 16.9. The first-order valence-corrected chi connectivity index (χ1v) is 7.71. The Kier molecular flexibility index (Phi) is 5.63. The lowest BCUT2D eigenvalue weighted by molar-refractivity contribution is -0.122. The molecule has 1 amide bonds. The first-order chi connectivity index (χ1) is 11.0. The summed E-state index contributed by atoms with van der Waals surface area (Å²) >= 11 is 0. The highest BCUT2D eigenvalue weighted by Gasteiger charge is 2.17. The van der Waals surface area contributed by atoms with Gasteiger partial charge in [0.2, 0.25) is 0 Å². The highest BCUT2D eigenvalue weighted by molar-refractivity contribution is 5.94. The van der Waals surface area contributed by atoms with E-state index in [-0.39, 0.29) is 5.91 Å². The van der Waals surface area contributed by atoms with Crippen molar-refractivity contribution in [2.24, 2.45) is 0 Å². The molecule has 0 fully saturated rings. The lowest BCUT2D eigenvalue weighted by atomic mass is 10.0. The van der Waals surface area contributed by atoms with Crippen molar-refractivity contribution in [2.75, 3.05) is 12.4 Å². The molecule has 2 aromatic carbocycles. The van der Waals surface area contributed by atoms with Gasteiger partial charge in [0.15, 0.2) is 6.10 Å². The smallest absolute Gasteiger partial charge is 0.265 e. The second-order valence-corrected chi connectivity index (χ2v) is 5.67. The normalized spacial score (nSPS) is 11.9. The van der Waals surface area contributed by atoms with Gasteiger partial charge >= 0.3 is 0 Å². The summed E-state index contributed by atoms with van der Waals surface area (Å²) in [5.74, 6) is 1.45. The summed E-state index contributed by atoms with van der Waals surface area (Å²) in [5, 5.41) is 2.95. The molecule has 0 aromatic heterocycles. The predicted molar refractivity (Wildman–Crippen MR) is 92.2 cm³/mol. The quantitative estimate of drug-likeness (QED) is 0.868. The molecule has 4 heteroatoms. The maximum Gasteiger partial charge on any atom is 0.265 e. The maximum atomic E-state index is 12.4. The van der Waals surface area contributed by atoms with E-state index in [1.807, 2.05) is 36.4 Å². The molecular weight excluding hydrogens is 290 g/mol. The number of amides is 1. The van der Waals surface area contributed by atoms with Gasteiger partial charge in [0.05, 0.1) is 7.11 Å². The van der Waals surface area contributed by atoms with Gasteiger partial charge in [-0.15, -0.1) is 0 Å². The van der Waals surface area contributed by atoms with E-state index in [9.17, 15) is 4.79 Å². The largest absolute Gasteiger partial charge is 0.497 e. The fourth-order valence-corrected chi connectivity index (χ4v) is 2.28. The second kappa shape index (κ2) is 7.68. The summed E-state index contributed by atoms with van der Waals surface area (Å²) in [6.07, 6.45) is -0.609. The van der Waals surface area contributed by atoms with Crippen LogP contribution in [-0.2, 0) is 4.79 Å². The van der Waals surface area contributed by atoms with Gasteiger partial charge in [-0.3, -0.25) is 4.79 Å². The third-order valence-electron chi connectivity index (χ3n) is 3.56. The van der Waals surface area contributed by atoms with Crippen molar-refractivity contribution in [1.29, 1.82) is 0 Å². The second-order valence-electron chi connectivity index (χ2n) is 5.67. The number of hydrogen-bond donors (Lipinski definition) is 1. The first-order valence-electron chi connectivity index (χ1n) is 7.71. The molecule has 0 aliphatic carbocycles. The topological polar surface area (TPSA) is 47.6 Å². The molecule has 0 aliphatic heterocycles. The molecule has 0 spiro atoms. The minimum Gasteiger partial charge on any atom is -0.497 e. The molecule has 23 heavy (non-hydrogen) atoms. The zero-order chi connectivity index (χ0) is 16.8. The van der Waals surface area contributed by atoms with Gasteiger partial charge in [-0.1, -0.05) is 38.1 Å². The van der Waals surface area contributed by atoms with E-state index in [0.29, 0.717) is 17.4 Å². The van der Waals surface area contributed by atoms with E-state index >= 15 is 0 Å². The summed E-state index contributed by atoms with van der Waals surface area (Å²) < 4.78 is 10.9. The third-order valence-corrected chi connectivity index (χ3v) is 3.56. The van der Waals surface area contributed by atoms with Crippen LogP contribution < -0.4 is 14.8 Å². The van der Waals surface area contributed by atoms with Crippen LogP contribution in [0.5, 0.6) is 11.5 Å². The molecule has 2 rings (SSSR count). The van der Waals surface area contributed by atoms with Crippen LogP contribution in [0.2, 0.25) is 0 Å². The number of benzene rings is 2. The van der Waals surface area contributed by atoms with Crippen molar-refractivity contribution in [3.63, 3.8) is 0 Å². The average Bonchev–Trinajstić information content (AvgIpc) is 2.55. The zero-order valence-corrected chi connectivity index (χ0v) is 14.0. The molecule has 0 aliphatic rings. The summed E-state index contributed by atoms with van der Waals surface area (Å²) in [5.41, 5.74) is 1.93. The Bertz CT molecular complexity index is 667. The van der Waals surface area contributed by atoms with Crippen LogP contribution in [0.1, 0.15) is 32.3 Å². The fourth-order valence-electron chi connectivity index (χ4n) is 2.28. The number of carbonyl (C=O) groups excluding carboxylic acids is 1. The predicted octanol–water partition coefficient (Wildman–Crippen LogP) is 4.22. The van der Waals surface area contributed by atoms with E-state index in [0.717, 1.165) is 11.3 Å². The number of ether oxygens (including phenoxy) is 2. The molecule has 1 atom stereocenters. The summed E-state index contributed by atoms with van der Waals surface area (Å²) in [7, 11) is 1.60. The standard InChI is InChI=1S/C19H23NO3/c1-13(2)17-10-5-6-11-18(17)20-19(21)14(3)23-16-9-7-8-15(12-16)22-4/h5-14H,1-4H3,(H,20,21)/t14-/m1/s1. The van der Waals surface area contributed by atoms with E-state index in [1.165, 1.54) is 0 Å². The van der Waals surface area contributed by atoms with E-state index in [4.69, 9.17) is 9.47 Å². The molecule has 0 heterocycles. The van der Waals surface area contributed by atoms with Crippen LogP contribution >= 0.6 is 0 Å². The van der Waals surface area contributed by atoms with Crippen LogP contribution in [0.25, 0.3) is 0 Å². The number of hydrogen-bond acceptors (Lipinski definition) is 3. The summed E-state index contributed by atoms with van der Waals surface area (Å²) in [4.78, 5) is 12.4. The van der Waals surface area contributed by atoms with Crippen molar-refractivity contribution in [3.05, 3.63) is 54.1 Å². The van der Waals surface area contributed by atoms with Gasteiger partial charge in [0.25, 0.3) is 5.91 Å². The van der Waals surface area contributed by atoms with Gasteiger partial charge in [-0.05, 0) is 36.6 Å². The molecule has 0 saturated heterocycles. The molecule has 0 bridgehead atoms. The zero-order valence-electron chi connectivity index (χ0n) is 14.0. The number of para-hydroxylation sites is 1. The van der Waals surface area contributed by atoms with Crippen LogP contribution in [0.3, 0.4) is 0 Å². The van der Waals surface area contributed by atoms with Crippen LogP contribution in [0.15, 0.2) is 48.5 Å². The third kappa shape index (κ3) is 4.49. The molecule has 122 valence electrons. The van der Waals surface area contributed by atoms with Crippen LogP contribution in [0, 0.1) is 0 Å². The van der Waals surface area contributed by atoms with Gasteiger partial charge in [-0.2, -0.15) is 0 Å². The number of rotatable bonds is 6. The Morgan fingerprint density at radius 1 is 1.00 bits per heavy atom. The summed E-state index contributed by atoms with van der Waals surface area (Å²) in [6, 6.07) is 15.0. The maximum absolute atomic E-state index is 12.4. The number of nitrogens with one attached hydrogen (secondary N) is 1. The molecule has 0 unspecified atom stereocenters. The number of methoxy groups -OCH3 is 1. The average molecular weight is 313 g/mol.